The molecule has 2 nitrogen and oxygen atoms in total. The minimum Gasteiger partial charge on any atom is -0.295 e. The van der Waals surface area contributed by atoms with Gasteiger partial charge in [-0.15, -0.1) is 0 Å². The highest BCUT2D eigenvalue weighted by Crippen LogP contribution is 2.17. The molecule has 0 spiro atoms. The van der Waals surface area contributed by atoms with Gasteiger partial charge in [-0.1, -0.05) is 0 Å². The zero-order valence-electron chi connectivity index (χ0n) is 6.64. The fourth-order valence-electron chi connectivity index (χ4n) is 1.18. The second-order valence-corrected chi connectivity index (χ2v) is 2.93. The van der Waals surface area contributed by atoms with E-state index in [1.807, 2.05) is 0 Å². The Morgan fingerprint density at radius 2 is 1.58 bits per heavy atom. The molecule has 1 saturated heterocycles. The number of rotatable bonds is 1. The van der Waals surface area contributed by atoms with Gasteiger partial charge in [0.05, 0.1) is 6.54 Å². The van der Waals surface area contributed by atoms with E-state index in [0.717, 1.165) is 0 Å². The molecule has 0 N–H and O–H groups in total. The van der Waals surface area contributed by atoms with Gasteiger partial charge in [0.1, 0.15) is 0 Å². The molecule has 0 bridgehead atoms. The largest absolute Gasteiger partial charge is 0.401 e. The summed E-state index contributed by atoms with van der Waals surface area (Å²) in [5, 5.41) is 0. The van der Waals surface area contributed by atoms with Gasteiger partial charge >= 0.3 is 6.18 Å². The molecule has 0 aromatic carbocycles. The molecular formula is C7H11F3N2. The van der Waals surface area contributed by atoms with Crippen molar-refractivity contribution < 1.29 is 13.2 Å². The minimum atomic E-state index is -4.09. The summed E-state index contributed by atoms with van der Waals surface area (Å²) in [6.45, 7) is 0.999. The van der Waals surface area contributed by atoms with Gasteiger partial charge in [-0.25, -0.2) is 0 Å². The summed E-state index contributed by atoms with van der Waals surface area (Å²) in [4.78, 5) is 2.90. The lowest BCUT2D eigenvalue weighted by Gasteiger charge is -2.32. The maximum atomic E-state index is 11.9. The van der Waals surface area contributed by atoms with Gasteiger partial charge in [-0.05, 0) is 0 Å². The average molecular weight is 180 g/mol. The number of nitrogens with zero attached hydrogens (tertiary/aromatic N) is 2. The molecule has 0 aliphatic carbocycles. The first-order chi connectivity index (χ1) is 5.47. The number of hydrogen-bond donors (Lipinski definition) is 0. The highest BCUT2D eigenvalue weighted by atomic mass is 19.4. The molecule has 0 aromatic rings. The van der Waals surface area contributed by atoms with E-state index in [4.69, 9.17) is 7.05 Å². The van der Waals surface area contributed by atoms with Crippen LogP contribution in [0.1, 0.15) is 0 Å². The van der Waals surface area contributed by atoms with Crippen LogP contribution < -0.4 is 0 Å². The predicted molar refractivity (Wildman–Crippen MR) is 38.4 cm³/mol. The van der Waals surface area contributed by atoms with E-state index in [1.54, 1.807) is 0 Å². The first-order valence-corrected chi connectivity index (χ1v) is 3.76. The Balaban J connectivity index is 2.26. The van der Waals surface area contributed by atoms with Crippen LogP contribution in [0.25, 0.3) is 0 Å². The first-order valence-electron chi connectivity index (χ1n) is 3.76. The lowest BCUT2D eigenvalue weighted by molar-refractivity contribution is -0.148. The Morgan fingerprint density at radius 1 is 1.08 bits per heavy atom. The van der Waals surface area contributed by atoms with E-state index in [0.29, 0.717) is 26.2 Å². The van der Waals surface area contributed by atoms with Crippen LogP contribution in [0.2, 0.25) is 0 Å². The molecule has 0 atom stereocenters. The van der Waals surface area contributed by atoms with Crippen molar-refractivity contribution in [3.8, 4) is 0 Å². The standard InChI is InChI=1S/C7H11F3N2/c1-11-2-4-12(5-3-11)6-7(8,9)10/h1H,2-6H2. The maximum Gasteiger partial charge on any atom is 0.401 e. The van der Waals surface area contributed by atoms with Crippen molar-refractivity contribution in [2.24, 2.45) is 0 Å². The van der Waals surface area contributed by atoms with Crippen molar-refractivity contribution in [1.29, 1.82) is 0 Å². The zero-order valence-corrected chi connectivity index (χ0v) is 6.64. The maximum absolute atomic E-state index is 11.9. The third-order valence-electron chi connectivity index (χ3n) is 1.81. The van der Waals surface area contributed by atoms with Crippen LogP contribution in [0.4, 0.5) is 13.2 Å². The van der Waals surface area contributed by atoms with Gasteiger partial charge in [-0.3, -0.25) is 9.80 Å². The topological polar surface area (TPSA) is 6.48 Å². The highest BCUT2D eigenvalue weighted by molar-refractivity contribution is 4.72. The Labute approximate surface area is 69.9 Å². The SMILES string of the molecule is [CH]N1CCN(CC(F)(F)F)CC1. The summed E-state index contributed by atoms with van der Waals surface area (Å²) < 4.78 is 35.6. The molecule has 12 heavy (non-hydrogen) atoms. The van der Waals surface area contributed by atoms with Crippen molar-refractivity contribution >= 4 is 0 Å². The fourth-order valence-corrected chi connectivity index (χ4v) is 1.18. The van der Waals surface area contributed by atoms with Crippen molar-refractivity contribution in [3.05, 3.63) is 7.05 Å². The quantitative estimate of drug-likeness (QED) is 0.590. The van der Waals surface area contributed by atoms with E-state index >= 15 is 0 Å². The average Bonchev–Trinajstić information content (AvgIpc) is 1.91. The molecular weight excluding hydrogens is 169 g/mol. The van der Waals surface area contributed by atoms with Gasteiger partial charge in [-0.2, -0.15) is 13.2 Å². The normalized spacial score (nSPS) is 23.0. The Morgan fingerprint density at radius 3 is 2.00 bits per heavy atom. The molecule has 0 aromatic heterocycles. The molecule has 1 aliphatic rings. The molecule has 70 valence electrons. The third kappa shape index (κ3) is 3.40. The van der Waals surface area contributed by atoms with E-state index in [1.165, 1.54) is 9.80 Å². The minimum absolute atomic E-state index is 0.399. The summed E-state index contributed by atoms with van der Waals surface area (Å²) in [6, 6.07) is 0. The molecule has 2 radical (unpaired) electrons. The highest BCUT2D eigenvalue weighted by Gasteiger charge is 2.31. The summed E-state index contributed by atoms with van der Waals surface area (Å²) in [7, 11) is 5.39. The van der Waals surface area contributed by atoms with Gasteiger partial charge in [0, 0.05) is 33.2 Å². The van der Waals surface area contributed by atoms with Crippen LogP contribution in [0.15, 0.2) is 0 Å². The fraction of sp³-hybridized carbons (Fsp3) is 0.857. The summed E-state index contributed by atoms with van der Waals surface area (Å²) in [6.07, 6.45) is -4.09. The first kappa shape index (κ1) is 9.80. The summed E-state index contributed by atoms with van der Waals surface area (Å²) >= 11 is 0. The second kappa shape index (κ2) is 3.62. The van der Waals surface area contributed by atoms with E-state index < -0.39 is 12.7 Å². The molecule has 0 amide bonds. The third-order valence-corrected chi connectivity index (χ3v) is 1.81. The van der Waals surface area contributed by atoms with Gasteiger partial charge in [0.25, 0.3) is 0 Å². The van der Waals surface area contributed by atoms with Crippen LogP contribution in [0.5, 0.6) is 0 Å². The van der Waals surface area contributed by atoms with Crippen LogP contribution >= 0.6 is 0 Å². The number of hydrogen-bond acceptors (Lipinski definition) is 2. The van der Waals surface area contributed by atoms with Crippen LogP contribution in [0, 0.1) is 7.05 Å². The predicted octanol–water partition coefficient (Wildman–Crippen LogP) is 0.835. The molecule has 1 fully saturated rings. The Hall–Kier alpha value is -0.290. The Kier molecular flexibility index (Phi) is 2.95. The monoisotopic (exact) mass is 180 g/mol. The number of halogens is 3. The van der Waals surface area contributed by atoms with Crippen molar-refractivity contribution in [2.75, 3.05) is 32.7 Å². The van der Waals surface area contributed by atoms with Gasteiger partial charge in [0.15, 0.2) is 0 Å². The van der Waals surface area contributed by atoms with E-state index in [-0.39, 0.29) is 0 Å². The van der Waals surface area contributed by atoms with Crippen molar-refractivity contribution in [1.82, 2.24) is 9.80 Å². The Bertz CT molecular complexity index is 138. The van der Waals surface area contributed by atoms with Gasteiger partial charge in [0.2, 0.25) is 0 Å². The summed E-state index contributed by atoms with van der Waals surface area (Å²) in [5.74, 6) is 0. The molecule has 1 heterocycles. The van der Waals surface area contributed by atoms with E-state index in [9.17, 15) is 13.2 Å². The smallest absolute Gasteiger partial charge is 0.295 e. The lowest BCUT2D eigenvalue weighted by atomic mass is 10.3. The van der Waals surface area contributed by atoms with Crippen molar-refractivity contribution in [2.45, 2.75) is 6.18 Å². The van der Waals surface area contributed by atoms with E-state index in [2.05, 4.69) is 0 Å². The van der Waals surface area contributed by atoms with Crippen LogP contribution in [0.3, 0.4) is 0 Å². The second-order valence-electron chi connectivity index (χ2n) is 2.93. The van der Waals surface area contributed by atoms with Crippen LogP contribution in [-0.4, -0.2) is 48.7 Å². The van der Waals surface area contributed by atoms with Gasteiger partial charge < -0.3 is 0 Å². The molecule has 1 rings (SSSR count). The molecule has 0 unspecified atom stereocenters. The lowest BCUT2D eigenvalue weighted by Crippen LogP contribution is -2.47. The molecule has 5 heteroatoms. The number of alkyl halides is 3. The summed E-state index contributed by atoms with van der Waals surface area (Å²) in [5.41, 5.74) is 0. The van der Waals surface area contributed by atoms with Crippen molar-refractivity contribution in [3.63, 3.8) is 0 Å². The molecule has 1 aliphatic heterocycles. The number of piperazine rings is 1. The van der Waals surface area contributed by atoms with Crippen LogP contribution in [-0.2, 0) is 0 Å². The molecule has 0 saturated carbocycles. The zero-order chi connectivity index (χ0) is 9.19.